The van der Waals surface area contributed by atoms with E-state index in [9.17, 15) is 4.79 Å². The Balaban J connectivity index is 1.82. The third-order valence-corrected chi connectivity index (χ3v) is 6.92. The molecule has 0 aliphatic carbocycles. The van der Waals surface area contributed by atoms with E-state index in [1.807, 2.05) is 4.90 Å². The van der Waals surface area contributed by atoms with E-state index in [2.05, 4.69) is 72.7 Å². The maximum atomic E-state index is 13.3. The molecule has 0 N–H and O–H groups in total. The highest BCUT2D eigenvalue weighted by Gasteiger charge is 2.32. The van der Waals surface area contributed by atoms with Gasteiger partial charge in [0.25, 0.3) is 5.91 Å². The number of aryl methyl sites for hydroxylation is 1. The number of hydrogen-bond donors (Lipinski definition) is 0. The van der Waals surface area contributed by atoms with Crippen molar-refractivity contribution in [1.82, 2.24) is 4.90 Å². The molecule has 1 aliphatic heterocycles. The molecule has 178 valence electrons. The molecule has 4 rings (SSSR count). The van der Waals surface area contributed by atoms with E-state index in [0.717, 1.165) is 0 Å². The third-order valence-electron chi connectivity index (χ3n) is 6.67. The Kier molecular flexibility index (Phi) is 6.63. The van der Waals surface area contributed by atoms with Crippen LogP contribution >= 0.6 is 11.6 Å². The molecule has 4 heteroatoms. The Hall–Kier alpha value is -2.62. The van der Waals surface area contributed by atoms with Crippen LogP contribution in [0.5, 0.6) is 0 Å². The van der Waals surface area contributed by atoms with Crippen molar-refractivity contribution < 1.29 is 9.53 Å². The highest BCUT2D eigenvalue weighted by molar-refractivity contribution is 6.30. The van der Waals surface area contributed by atoms with Gasteiger partial charge in [-0.1, -0.05) is 41.4 Å². The predicted octanol–water partition coefficient (Wildman–Crippen LogP) is 7.96. The fourth-order valence-electron chi connectivity index (χ4n) is 5.13. The average molecular weight is 476 g/mol. The second-order valence-electron chi connectivity index (χ2n) is 10.4. The highest BCUT2D eigenvalue weighted by Crippen LogP contribution is 2.43. The molecule has 1 aliphatic rings. The van der Waals surface area contributed by atoms with Gasteiger partial charge in [0.05, 0.1) is 11.7 Å². The van der Waals surface area contributed by atoms with E-state index in [1.54, 1.807) is 24.3 Å². The van der Waals surface area contributed by atoms with Crippen LogP contribution in [0.3, 0.4) is 0 Å². The summed E-state index contributed by atoms with van der Waals surface area (Å²) in [4.78, 5) is 15.2. The minimum Gasteiger partial charge on any atom is -0.368 e. The number of carbonyl (C=O) groups is 1. The summed E-state index contributed by atoms with van der Waals surface area (Å²) in [5.41, 5.74) is 10.2. The molecule has 0 spiro atoms. The molecule has 34 heavy (non-hydrogen) atoms. The molecular weight excluding hydrogens is 442 g/mol. The fourth-order valence-corrected chi connectivity index (χ4v) is 5.26. The lowest BCUT2D eigenvalue weighted by atomic mass is 9.83. The van der Waals surface area contributed by atoms with Crippen LogP contribution in [0.25, 0.3) is 11.1 Å². The van der Waals surface area contributed by atoms with E-state index in [1.165, 1.54) is 44.5 Å². The van der Waals surface area contributed by atoms with Gasteiger partial charge < -0.3 is 9.64 Å². The lowest BCUT2D eigenvalue weighted by Crippen LogP contribution is -2.25. The molecule has 0 saturated heterocycles. The molecule has 3 aromatic carbocycles. The van der Waals surface area contributed by atoms with Crippen LogP contribution in [-0.2, 0) is 17.8 Å². The summed E-state index contributed by atoms with van der Waals surface area (Å²) < 4.78 is 6.47. The highest BCUT2D eigenvalue weighted by atomic mass is 35.5. The van der Waals surface area contributed by atoms with Gasteiger partial charge in [-0.2, -0.15) is 0 Å². The third kappa shape index (κ3) is 4.78. The summed E-state index contributed by atoms with van der Waals surface area (Å²) in [5, 5.41) is 0.633. The van der Waals surface area contributed by atoms with Gasteiger partial charge in [0.1, 0.15) is 0 Å². The first-order chi connectivity index (χ1) is 16.0. The van der Waals surface area contributed by atoms with Crippen molar-refractivity contribution in [3.63, 3.8) is 0 Å². The summed E-state index contributed by atoms with van der Waals surface area (Å²) in [7, 11) is 0. The molecule has 0 fully saturated rings. The van der Waals surface area contributed by atoms with Crippen LogP contribution in [0.4, 0.5) is 0 Å². The van der Waals surface area contributed by atoms with Gasteiger partial charge in [0.15, 0.2) is 0 Å². The second-order valence-corrected chi connectivity index (χ2v) is 10.8. The molecule has 0 bridgehead atoms. The monoisotopic (exact) mass is 475 g/mol. The Morgan fingerprint density at radius 1 is 0.912 bits per heavy atom. The molecule has 0 aromatic heterocycles. The van der Waals surface area contributed by atoms with Gasteiger partial charge in [-0.3, -0.25) is 4.79 Å². The number of halogens is 1. The summed E-state index contributed by atoms with van der Waals surface area (Å²) in [6.07, 6.45) is -0.0821. The maximum absolute atomic E-state index is 13.3. The largest absolute Gasteiger partial charge is 0.368 e. The molecule has 1 atom stereocenters. The zero-order valence-corrected chi connectivity index (χ0v) is 22.0. The van der Waals surface area contributed by atoms with Crippen molar-refractivity contribution in [2.45, 2.75) is 73.3 Å². The van der Waals surface area contributed by atoms with Crippen molar-refractivity contribution >= 4 is 17.5 Å². The Morgan fingerprint density at radius 3 is 2.03 bits per heavy atom. The predicted molar refractivity (Wildman–Crippen MR) is 140 cm³/mol. The first-order valence-corrected chi connectivity index (χ1v) is 12.3. The van der Waals surface area contributed by atoms with Crippen molar-refractivity contribution in [1.29, 1.82) is 0 Å². The number of hydrogen-bond acceptors (Lipinski definition) is 2. The van der Waals surface area contributed by atoms with E-state index < -0.39 is 0 Å². The number of carbonyl (C=O) groups excluding carboxylic acids is 1. The Labute approximate surface area is 208 Å². The van der Waals surface area contributed by atoms with Gasteiger partial charge >= 0.3 is 0 Å². The first kappa shape index (κ1) is 24.5. The van der Waals surface area contributed by atoms with Gasteiger partial charge in [-0.25, -0.2) is 0 Å². The normalized spacial score (nSPS) is 14.3. The minimum absolute atomic E-state index is 0.0316. The maximum Gasteiger partial charge on any atom is 0.254 e. The second kappa shape index (κ2) is 9.20. The molecule has 3 aromatic rings. The van der Waals surface area contributed by atoms with Gasteiger partial charge in [0.2, 0.25) is 0 Å². The molecule has 1 heterocycles. The lowest BCUT2D eigenvalue weighted by molar-refractivity contribution is -0.0530. The summed E-state index contributed by atoms with van der Waals surface area (Å²) in [6, 6.07) is 15.9. The van der Waals surface area contributed by atoms with Crippen LogP contribution in [-0.4, -0.2) is 16.4 Å². The van der Waals surface area contributed by atoms with Crippen LogP contribution in [0, 0.1) is 20.8 Å². The van der Waals surface area contributed by atoms with E-state index in [0.29, 0.717) is 23.7 Å². The number of amides is 1. The van der Waals surface area contributed by atoms with Crippen molar-refractivity contribution in [2.24, 2.45) is 0 Å². The van der Waals surface area contributed by atoms with Crippen LogP contribution in [0.15, 0.2) is 48.5 Å². The average Bonchev–Trinajstić information content (AvgIpc) is 3.22. The van der Waals surface area contributed by atoms with Crippen molar-refractivity contribution in [2.75, 3.05) is 0 Å². The molecular formula is C30H34ClNO2. The Morgan fingerprint density at radius 2 is 1.47 bits per heavy atom. The molecule has 0 radical (unpaired) electrons. The first-order valence-electron chi connectivity index (χ1n) is 11.9. The van der Waals surface area contributed by atoms with Crippen LogP contribution in [0.1, 0.15) is 77.5 Å². The number of fused-ring (bicyclic) bond motifs is 1. The number of benzene rings is 3. The van der Waals surface area contributed by atoms with Crippen molar-refractivity contribution in [3.05, 3.63) is 92.5 Å². The summed E-state index contributed by atoms with van der Waals surface area (Å²) >= 11 is 6.03. The zero-order valence-electron chi connectivity index (χ0n) is 21.3. The zero-order chi connectivity index (χ0) is 24.8. The summed E-state index contributed by atoms with van der Waals surface area (Å²) in [5.74, 6) is 0.0316. The SMILES string of the molecule is Cc1ccc(-c2c(C)c3c(c(C)c2[C@@H](C)OC(C)(C)C)CN(C(=O)c2ccc(Cl)cc2)C3)cc1. The minimum atomic E-state index is -0.264. The Bertz CT molecular complexity index is 1220. The molecule has 0 saturated carbocycles. The molecule has 3 nitrogen and oxygen atoms in total. The van der Waals surface area contributed by atoms with Crippen LogP contribution in [0.2, 0.25) is 5.02 Å². The van der Waals surface area contributed by atoms with Gasteiger partial charge in [0, 0.05) is 23.7 Å². The lowest BCUT2D eigenvalue weighted by Gasteiger charge is -2.30. The number of ether oxygens (including phenoxy) is 1. The quantitative estimate of drug-likeness (QED) is 0.383. The van der Waals surface area contributed by atoms with Crippen molar-refractivity contribution in [3.8, 4) is 11.1 Å². The topological polar surface area (TPSA) is 29.5 Å². The van der Waals surface area contributed by atoms with Gasteiger partial charge in [-0.15, -0.1) is 0 Å². The molecule has 0 unspecified atom stereocenters. The van der Waals surface area contributed by atoms with E-state index in [4.69, 9.17) is 16.3 Å². The van der Waals surface area contributed by atoms with Crippen LogP contribution < -0.4 is 0 Å². The summed E-state index contributed by atoms with van der Waals surface area (Å²) in [6.45, 7) is 16.1. The standard InChI is InChI=1S/C30H34ClNO2/c1-18-8-10-22(11-9-18)28-20(3)26-17-32(29(33)23-12-14-24(31)15-13-23)16-25(26)19(2)27(28)21(4)34-30(5,6)7/h8-15,21H,16-17H2,1-7H3/t21-/m1/s1. The number of nitrogens with zero attached hydrogens (tertiary/aromatic N) is 1. The van der Waals surface area contributed by atoms with E-state index in [-0.39, 0.29) is 17.6 Å². The van der Waals surface area contributed by atoms with E-state index >= 15 is 0 Å². The smallest absolute Gasteiger partial charge is 0.254 e. The fraction of sp³-hybridized carbons (Fsp3) is 0.367. The molecule has 1 amide bonds. The number of rotatable bonds is 4. The van der Waals surface area contributed by atoms with Gasteiger partial charge in [-0.05, 0) is 112 Å².